The molecule has 7 heteroatoms. The first kappa shape index (κ1) is 14.4. The Morgan fingerprint density at radius 1 is 1.39 bits per heavy atom. The van der Waals surface area contributed by atoms with Crippen LogP contribution in [0.25, 0.3) is 0 Å². The van der Waals surface area contributed by atoms with E-state index in [4.69, 9.17) is 5.73 Å². The third kappa shape index (κ3) is 3.66. The van der Waals surface area contributed by atoms with E-state index in [2.05, 4.69) is 22.3 Å². The van der Waals surface area contributed by atoms with Gasteiger partial charge in [-0.1, -0.05) is 12.1 Å². The van der Waals surface area contributed by atoms with Crippen molar-refractivity contribution in [2.75, 3.05) is 12.4 Å². The van der Waals surface area contributed by atoms with Crippen LogP contribution in [0.1, 0.15) is 11.7 Å². The maximum absolute atomic E-state index is 11.1. The van der Waals surface area contributed by atoms with Gasteiger partial charge < -0.3 is 26.0 Å². The summed E-state index contributed by atoms with van der Waals surface area (Å²) in [5.41, 5.74) is 6.32. The molecule has 1 aromatic rings. The molecule has 5 N–H and O–H groups in total. The van der Waals surface area contributed by atoms with Crippen molar-refractivity contribution in [3.8, 4) is 0 Å². The van der Waals surface area contributed by atoms with Crippen molar-refractivity contribution < 1.29 is 19.7 Å². The smallest absolute Gasteiger partial charge is 0.337 e. The highest BCUT2D eigenvalue weighted by molar-refractivity contribution is 7.80. The highest BCUT2D eigenvalue weighted by atomic mass is 32.1. The second-order valence-electron chi connectivity index (χ2n) is 3.52. The highest BCUT2D eigenvalue weighted by Crippen LogP contribution is 2.19. The lowest BCUT2D eigenvalue weighted by Gasteiger charge is -2.16. The Bertz CT molecular complexity index is 435. The summed E-state index contributed by atoms with van der Waals surface area (Å²) in [6, 6.07) is 6.30. The van der Waals surface area contributed by atoms with E-state index in [1.54, 1.807) is 12.1 Å². The van der Waals surface area contributed by atoms with Gasteiger partial charge in [0.2, 0.25) is 0 Å². The number of nitrogens with one attached hydrogen (secondary N) is 1. The minimum absolute atomic E-state index is 0.123. The molecule has 0 bridgehead atoms. The molecule has 0 aliphatic rings. The van der Waals surface area contributed by atoms with Crippen molar-refractivity contribution in [1.29, 1.82) is 0 Å². The van der Waals surface area contributed by atoms with Crippen LogP contribution in [-0.4, -0.2) is 34.5 Å². The molecule has 2 unspecified atom stereocenters. The van der Waals surface area contributed by atoms with Crippen molar-refractivity contribution in [3.05, 3.63) is 29.8 Å². The lowest BCUT2D eigenvalue weighted by atomic mass is 10.0. The summed E-state index contributed by atoms with van der Waals surface area (Å²) >= 11 is 4.67. The number of nitrogens with two attached hydrogens (primary N) is 1. The van der Waals surface area contributed by atoms with Gasteiger partial charge in [-0.3, -0.25) is 0 Å². The van der Waals surface area contributed by atoms with Gasteiger partial charge in [0.05, 0.1) is 7.11 Å². The average molecular weight is 270 g/mol. The molecular weight excluding hydrogens is 256 g/mol. The Morgan fingerprint density at radius 3 is 2.39 bits per heavy atom. The average Bonchev–Trinajstić information content (AvgIpc) is 2.36. The van der Waals surface area contributed by atoms with Crippen molar-refractivity contribution >= 4 is 29.0 Å². The number of carbonyl (C=O) groups excluding carboxylic acids is 1. The van der Waals surface area contributed by atoms with Crippen LogP contribution in [0.4, 0.5) is 5.69 Å². The quantitative estimate of drug-likeness (QED) is 0.447. The van der Waals surface area contributed by atoms with E-state index >= 15 is 0 Å². The van der Waals surface area contributed by atoms with Crippen LogP contribution >= 0.6 is 12.2 Å². The van der Waals surface area contributed by atoms with Crippen molar-refractivity contribution in [2.24, 2.45) is 5.73 Å². The molecule has 0 radical (unpaired) electrons. The predicted molar refractivity (Wildman–Crippen MR) is 69.8 cm³/mol. The molecule has 6 nitrogen and oxygen atoms in total. The number of benzene rings is 1. The van der Waals surface area contributed by atoms with E-state index in [1.807, 2.05) is 0 Å². The number of anilines is 1. The van der Waals surface area contributed by atoms with Gasteiger partial charge in [-0.2, -0.15) is 0 Å². The summed E-state index contributed by atoms with van der Waals surface area (Å²) in [6.45, 7) is 0. The van der Waals surface area contributed by atoms with E-state index in [1.165, 1.54) is 12.1 Å². The summed E-state index contributed by atoms with van der Waals surface area (Å²) in [6.07, 6.45) is -2.97. The molecule has 0 saturated carbocycles. The first-order valence-corrected chi connectivity index (χ1v) is 5.47. The summed E-state index contributed by atoms with van der Waals surface area (Å²) in [5.74, 6) is -0.896. The van der Waals surface area contributed by atoms with Gasteiger partial charge in [0, 0.05) is 5.69 Å². The minimum Gasteiger partial charge on any atom is -0.467 e. The van der Waals surface area contributed by atoms with E-state index in [9.17, 15) is 15.0 Å². The normalized spacial score (nSPS) is 13.5. The molecule has 0 aliphatic heterocycles. The molecule has 18 heavy (non-hydrogen) atoms. The number of ether oxygens (including phenoxy) is 1. The fraction of sp³-hybridized carbons (Fsp3) is 0.273. The third-order valence-corrected chi connectivity index (χ3v) is 2.36. The number of thiocarbonyl (C=S) groups is 1. The minimum atomic E-state index is -1.62. The second kappa shape index (κ2) is 6.29. The zero-order valence-corrected chi connectivity index (χ0v) is 10.5. The van der Waals surface area contributed by atoms with Crippen LogP contribution in [0.2, 0.25) is 0 Å². The number of carbonyl (C=O) groups is 1. The summed E-state index contributed by atoms with van der Waals surface area (Å²) in [7, 11) is 1.13. The van der Waals surface area contributed by atoms with Crippen LogP contribution in [0, 0.1) is 0 Å². The Hall–Kier alpha value is -1.70. The number of aliphatic hydroxyl groups is 2. The molecular formula is C11H14N2O4S. The van der Waals surface area contributed by atoms with Gasteiger partial charge in [0.25, 0.3) is 0 Å². The van der Waals surface area contributed by atoms with Crippen LogP contribution in [0.5, 0.6) is 0 Å². The zero-order chi connectivity index (χ0) is 13.7. The van der Waals surface area contributed by atoms with Crippen LogP contribution in [0.3, 0.4) is 0 Å². The number of hydrogen-bond donors (Lipinski definition) is 4. The topological polar surface area (TPSA) is 105 Å². The Morgan fingerprint density at radius 2 is 1.94 bits per heavy atom. The monoisotopic (exact) mass is 270 g/mol. The van der Waals surface area contributed by atoms with Crippen molar-refractivity contribution in [3.63, 3.8) is 0 Å². The molecule has 98 valence electrons. The molecule has 0 spiro atoms. The standard InChI is InChI=1S/C11H14N2O4S/c1-17-10(16)9(15)8(14)6-2-4-7(5-3-6)13-11(12)18/h2-5,8-9,14-15H,1H3,(H3,12,13,18). The number of hydrogen-bond acceptors (Lipinski definition) is 5. The van der Waals surface area contributed by atoms with E-state index in [0.29, 0.717) is 11.3 Å². The molecule has 0 amide bonds. The van der Waals surface area contributed by atoms with Crippen LogP contribution < -0.4 is 11.1 Å². The SMILES string of the molecule is COC(=O)C(O)C(O)c1ccc(NC(N)=S)cc1. The number of aliphatic hydroxyl groups excluding tert-OH is 2. The first-order chi connectivity index (χ1) is 8.45. The maximum atomic E-state index is 11.1. The molecule has 0 fully saturated rings. The lowest BCUT2D eigenvalue weighted by molar-refractivity contribution is -0.156. The molecule has 0 aliphatic carbocycles. The summed E-state index contributed by atoms with van der Waals surface area (Å²) < 4.78 is 4.34. The third-order valence-electron chi connectivity index (χ3n) is 2.26. The molecule has 1 rings (SSSR count). The van der Waals surface area contributed by atoms with Gasteiger partial charge >= 0.3 is 5.97 Å². The van der Waals surface area contributed by atoms with Crippen LogP contribution in [0.15, 0.2) is 24.3 Å². The zero-order valence-electron chi connectivity index (χ0n) is 9.66. The fourth-order valence-corrected chi connectivity index (χ4v) is 1.46. The Balaban J connectivity index is 2.78. The molecule has 2 atom stereocenters. The van der Waals surface area contributed by atoms with Gasteiger partial charge in [0.15, 0.2) is 11.2 Å². The van der Waals surface area contributed by atoms with E-state index < -0.39 is 18.2 Å². The molecule has 0 saturated heterocycles. The largest absolute Gasteiger partial charge is 0.467 e. The molecule has 0 heterocycles. The van der Waals surface area contributed by atoms with E-state index in [-0.39, 0.29) is 5.11 Å². The number of rotatable bonds is 4. The molecule has 0 aromatic heterocycles. The van der Waals surface area contributed by atoms with Gasteiger partial charge in [0.1, 0.15) is 6.10 Å². The maximum Gasteiger partial charge on any atom is 0.337 e. The Kier molecular flexibility index (Phi) is 5.02. The Labute approximate surface area is 109 Å². The summed E-state index contributed by atoms with van der Waals surface area (Å²) in [4.78, 5) is 11.1. The number of esters is 1. The summed E-state index contributed by atoms with van der Waals surface area (Å²) in [5, 5.41) is 22.0. The van der Waals surface area contributed by atoms with Crippen LogP contribution in [-0.2, 0) is 9.53 Å². The van der Waals surface area contributed by atoms with E-state index in [0.717, 1.165) is 7.11 Å². The first-order valence-electron chi connectivity index (χ1n) is 5.06. The van der Waals surface area contributed by atoms with Gasteiger partial charge in [-0.25, -0.2) is 4.79 Å². The fourth-order valence-electron chi connectivity index (χ4n) is 1.34. The van der Waals surface area contributed by atoms with Crippen molar-refractivity contribution in [1.82, 2.24) is 0 Å². The highest BCUT2D eigenvalue weighted by Gasteiger charge is 2.26. The lowest BCUT2D eigenvalue weighted by Crippen LogP contribution is -2.29. The predicted octanol–water partition coefficient (Wildman–Crippen LogP) is -0.0906. The van der Waals surface area contributed by atoms with Crippen molar-refractivity contribution in [2.45, 2.75) is 12.2 Å². The molecule has 1 aromatic carbocycles. The van der Waals surface area contributed by atoms with Gasteiger partial charge in [-0.05, 0) is 29.9 Å². The second-order valence-corrected chi connectivity index (χ2v) is 3.96. The van der Waals surface area contributed by atoms with Gasteiger partial charge in [-0.15, -0.1) is 0 Å². The number of methoxy groups -OCH3 is 1.